The quantitative estimate of drug-likeness (QED) is 0.760. The van der Waals surface area contributed by atoms with Crippen LogP contribution in [0.1, 0.15) is 18.4 Å². The van der Waals surface area contributed by atoms with Crippen molar-refractivity contribution in [3.05, 3.63) is 23.8 Å². The summed E-state index contributed by atoms with van der Waals surface area (Å²) in [4.78, 5) is 13.9. The maximum atomic E-state index is 11.8. The van der Waals surface area contributed by atoms with Crippen molar-refractivity contribution in [3.8, 4) is 0 Å². The summed E-state index contributed by atoms with van der Waals surface area (Å²) in [5, 5.41) is 3.01. The highest BCUT2D eigenvalue weighted by molar-refractivity contribution is 5.83. The van der Waals surface area contributed by atoms with Crippen molar-refractivity contribution in [2.75, 3.05) is 23.7 Å². The number of anilines is 2. The SMILES string of the molecule is Nc1cccc2c1CCN2CC(=O)NC1CC1. The van der Waals surface area contributed by atoms with Crippen molar-refractivity contribution in [1.82, 2.24) is 5.32 Å². The molecule has 1 fully saturated rings. The van der Waals surface area contributed by atoms with E-state index in [9.17, 15) is 4.79 Å². The fraction of sp³-hybridized carbons (Fsp3) is 0.462. The van der Waals surface area contributed by atoms with E-state index in [4.69, 9.17) is 5.73 Å². The number of nitrogens with two attached hydrogens (primary N) is 1. The standard InChI is InChI=1S/C13H17N3O/c14-11-2-1-3-12-10(11)6-7-16(12)8-13(17)15-9-4-5-9/h1-3,9H,4-8,14H2,(H,15,17). The number of carbonyl (C=O) groups is 1. The maximum absolute atomic E-state index is 11.8. The van der Waals surface area contributed by atoms with Crippen LogP contribution in [0.2, 0.25) is 0 Å². The van der Waals surface area contributed by atoms with Gasteiger partial charge < -0.3 is 16.0 Å². The first-order valence-electron chi connectivity index (χ1n) is 6.16. The third kappa shape index (κ3) is 2.07. The van der Waals surface area contributed by atoms with E-state index in [1.807, 2.05) is 18.2 Å². The second-order valence-electron chi connectivity index (χ2n) is 4.86. The number of nitrogens with zero attached hydrogens (tertiary/aromatic N) is 1. The molecular formula is C13H17N3O. The highest BCUT2D eigenvalue weighted by atomic mass is 16.2. The topological polar surface area (TPSA) is 58.4 Å². The number of hydrogen-bond acceptors (Lipinski definition) is 3. The molecule has 0 aromatic heterocycles. The predicted molar refractivity (Wildman–Crippen MR) is 67.9 cm³/mol. The smallest absolute Gasteiger partial charge is 0.239 e. The van der Waals surface area contributed by atoms with Gasteiger partial charge in [0.25, 0.3) is 0 Å². The Labute approximate surface area is 101 Å². The highest BCUT2D eigenvalue weighted by Gasteiger charge is 2.26. The summed E-state index contributed by atoms with van der Waals surface area (Å²) in [6.45, 7) is 1.34. The van der Waals surface area contributed by atoms with E-state index in [0.29, 0.717) is 12.6 Å². The molecule has 1 aliphatic carbocycles. The number of benzene rings is 1. The summed E-state index contributed by atoms with van der Waals surface area (Å²) in [5.41, 5.74) is 9.08. The number of rotatable bonds is 3. The summed E-state index contributed by atoms with van der Waals surface area (Å²) in [6, 6.07) is 6.35. The van der Waals surface area contributed by atoms with E-state index in [-0.39, 0.29) is 5.91 Å². The molecule has 3 rings (SSSR count). The van der Waals surface area contributed by atoms with Crippen LogP contribution in [0, 0.1) is 0 Å². The molecule has 0 bridgehead atoms. The van der Waals surface area contributed by atoms with Gasteiger partial charge in [0.05, 0.1) is 6.54 Å². The molecule has 1 saturated carbocycles. The zero-order chi connectivity index (χ0) is 11.8. The first kappa shape index (κ1) is 10.4. The Hall–Kier alpha value is -1.71. The second kappa shape index (κ2) is 3.95. The van der Waals surface area contributed by atoms with Crippen LogP contribution in [0.4, 0.5) is 11.4 Å². The fourth-order valence-electron chi connectivity index (χ4n) is 2.37. The molecule has 0 saturated heterocycles. The van der Waals surface area contributed by atoms with Gasteiger partial charge in [0.15, 0.2) is 0 Å². The van der Waals surface area contributed by atoms with Gasteiger partial charge in [-0.2, -0.15) is 0 Å². The lowest BCUT2D eigenvalue weighted by Crippen LogP contribution is -2.37. The van der Waals surface area contributed by atoms with Crippen molar-refractivity contribution in [1.29, 1.82) is 0 Å². The van der Waals surface area contributed by atoms with Crippen LogP contribution in [-0.2, 0) is 11.2 Å². The molecule has 0 radical (unpaired) electrons. The van der Waals surface area contributed by atoms with E-state index < -0.39 is 0 Å². The monoisotopic (exact) mass is 231 g/mol. The van der Waals surface area contributed by atoms with E-state index >= 15 is 0 Å². The third-order valence-electron chi connectivity index (χ3n) is 3.44. The lowest BCUT2D eigenvalue weighted by molar-refractivity contribution is -0.119. The van der Waals surface area contributed by atoms with Gasteiger partial charge in [0, 0.05) is 29.5 Å². The van der Waals surface area contributed by atoms with Crippen molar-refractivity contribution >= 4 is 17.3 Å². The summed E-state index contributed by atoms with van der Waals surface area (Å²) in [5.74, 6) is 0.128. The Balaban J connectivity index is 1.70. The van der Waals surface area contributed by atoms with Gasteiger partial charge in [-0.15, -0.1) is 0 Å². The Bertz CT molecular complexity index is 454. The van der Waals surface area contributed by atoms with Crippen LogP contribution in [0.25, 0.3) is 0 Å². The number of nitrogen functional groups attached to an aromatic ring is 1. The normalized spacial score (nSPS) is 18.0. The lowest BCUT2D eigenvalue weighted by Gasteiger charge is -2.18. The van der Waals surface area contributed by atoms with E-state index in [1.54, 1.807) is 0 Å². The minimum atomic E-state index is 0.128. The van der Waals surface area contributed by atoms with Crippen molar-refractivity contribution in [2.45, 2.75) is 25.3 Å². The predicted octanol–water partition coefficient (Wildman–Crippen LogP) is 0.910. The number of amides is 1. The summed E-state index contributed by atoms with van der Waals surface area (Å²) in [7, 11) is 0. The van der Waals surface area contributed by atoms with Crippen molar-refractivity contribution in [3.63, 3.8) is 0 Å². The van der Waals surface area contributed by atoms with Crippen LogP contribution in [0.5, 0.6) is 0 Å². The van der Waals surface area contributed by atoms with Gasteiger partial charge in [-0.3, -0.25) is 4.79 Å². The fourth-order valence-corrected chi connectivity index (χ4v) is 2.37. The Morgan fingerprint density at radius 1 is 1.47 bits per heavy atom. The number of hydrogen-bond donors (Lipinski definition) is 2. The van der Waals surface area contributed by atoms with Gasteiger partial charge >= 0.3 is 0 Å². The Morgan fingerprint density at radius 3 is 3.06 bits per heavy atom. The number of carbonyl (C=O) groups excluding carboxylic acids is 1. The van der Waals surface area contributed by atoms with Crippen LogP contribution >= 0.6 is 0 Å². The molecule has 3 N–H and O–H groups in total. The van der Waals surface area contributed by atoms with Crippen molar-refractivity contribution in [2.24, 2.45) is 0 Å². The van der Waals surface area contributed by atoms with Gasteiger partial charge in [0.2, 0.25) is 5.91 Å². The molecule has 4 heteroatoms. The molecule has 2 aliphatic rings. The molecular weight excluding hydrogens is 214 g/mol. The molecule has 1 aromatic rings. The largest absolute Gasteiger partial charge is 0.398 e. The van der Waals surface area contributed by atoms with Crippen LogP contribution in [0.3, 0.4) is 0 Å². The third-order valence-corrected chi connectivity index (χ3v) is 3.44. The molecule has 1 amide bonds. The molecule has 4 nitrogen and oxygen atoms in total. The summed E-state index contributed by atoms with van der Waals surface area (Å²) >= 11 is 0. The van der Waals surface area contributed by atoms with Crippen LogP contribution in [-0.4, -0.2) is 25.0 Å². The molecule has 1 heterocycles. The van der Waals surface area contributed by atoms with Crippen molar-refractivity contribution < 1.29 is 4.79 Å². The first-order valence-corrected chi connectivity index (χ1v) is 6.16. The summed E-state index contributed by atoms with van der Waals surface area (Å²) in [6.07, 6.45) is 3.21. The minimum absolute atomic E-state index is 0.128. The Morgan fingerprint density at radius 2 is 2.29 bits per heavy atom. The molecule has 1 aliphatic heterocycles. The van der Waals surface area contributed by atoms with E-state index in [1.165, 1.54) is 5.56 Å². The molecule has 1 aromatic carbocycles. The minimum Gasteiger partial charge on any atom is -0.398 e. The first-order chi connectivity index (χ1) is 8.24. The van der Waals surface area contributed by atoms with E-state index in [0.717, 1.165) is 37.2 Å². The van der Waals surface area contributed by atoms with Crippen LogP contribution in [0.15, 0.2) is 18.2 Å². The molecule has 90 valence electrons. The summed E-state index contributed by atoms with van der Waals surface area (Å²) < 4.78 is 0. The van der Waals surface area contributed by atoms with E-state index in [2.05, 4.69) is 10.2 Å². The zero-order valence-electron chi connectivity index (χ0n) is 9.78. The van der Waals surface area contributed by atoms with Gasteiger partial charge in [-0.1, -0.05) is 6.07 Å². The van der Waals surface area contributed by atoms with Gasteiger partial charge in [0.1, 0.15) is 0 Å². The highest BCUT2D eigenvalue weighted by Crippen LogP contribution is 2.31. The van der Waals surface area contributed by atoms with Gasteiger partial charge in [-0.25, -0.2) is 0 Å². The van der Waals surface area contributed by atoms with Crippen LogP contribution < -0.4 is 16.0 Å². The molecule has 0 unspecified atom stereocenters. The average molecular weight is 231 g/mol. The average Bonchev–Trinajstić information content (AvgIpc) is 3.00. The second-order valence-corrected chi connectivity index (χ2v) is 4.86. The zero-order valence-corrected chi connectivity index (χ0v) is 9.78. The van der Waals surface area contributed by atoms with Gasteiger partial charge in [-0.05, 0) is 31.4 Å². The number of fused-ring (bicyclic) bond motifs is 1. The lowest BCUT2D eigenvalue weighted by atomic mass is 10.1. The molecule has 0 spiro atoms. The number of nitrogens with one attached hydrogen (secondary N) is 1. The Kier molecular flexibility index (Phi) is 2.42. The maximum Gasteiger partial charge on any atom is 0.239 e. The molecule has 17 heavy (non-hydrogen) atoms. The molecule has 0 atom stereocenters.